The summed E-state index contributed by atoms with van der Waals surface area (Å²) in [6.07, 6.45) is 5.31. The van der Waals surface area contributed by atoms with Crippen molar-refractivity contribution < 1.29 is 4.79 Å². The molecule has 0 radical (unpaired) electrons. The van der Waals surface area contributed by atoms with E-state index in [-0.39, 0.29) is 11.8 Å². The van der Waals surface area contributed by atoms with Gasteiger partial charge in [-0.2, -0.15) is 0 Å². The maximum absolute atomic E-state index is 12.3. The lowest BCUT2D eigenvalue weighted by molar-refractivity contribution is -0.123. The van der Waals surface area contributed by atoms with Gasteiger partial charge in [0, 0.05) is 17.3 Å². The molecule has 4 heteroatoms. The topological polar surface area (TPSA) is 29.1 Å². The summed E-state index contributed by atoms with van der Waals surface area (Å²) in [6, 6.07) is 2.12. The molecule has 0 saturated carbocycles. The van der Waals surface area contributed by atoms with Crippen LogP contribution in [0.25, 0.3) is 0 Å². The van der Waals surface area contributed by atoms with Gasteiger partial charge in [0.05, 0.1) is 5.92 Å². The van der Waals surface area contributed by atoms with Crippen LogP contribution in [-0.2, 0) is 11.2 Å². The van der Waals surface area contributed by atoms with E-state index in [0.29, 0.717) is 11.8 Å². The zero-order valence-electron chi connectivity index (χ0n) is 11.5. The van der Waals surface area contributed by atoms with Gasteiger partial charge >= 0.3 is 0 Å². The van der Waals surface area contributed by atoms with Crippen molar-refractivity contribution in [1.82, 2.24) is 5.32 Å². The molecule has 0 fully saturated rings. The first-order valence-electron chi connectivity index (χ1n) is 7.16. The molecular formula is C15H22ClNOS. The fraction of sp³-hybridized carbons (Fsp3) is 0.667. The maximum Gasteiger partial charge on any atom is 0.227 e. The normalized spacial score (nSPS) is 19.8. The van der Waals surface area contributed by atoms with Crippen molar-refractivity contribution in [2.24, 2.45) is 5.92 Å². The van der Waals surface area contributed by atoms with Gasteiger partial charge in [-0.15, -0.1) is 22.9 Å². The lowest BCUT2D eigenvalue weighted by Gasteiger charge is -2.23. The summed E-state index contributed by atoms with van der Waals surface area (Å²) in [6.45, 7) is 2.92. The molecule has 0 spiro atoms. The van der Waals surface area contributed by atoms with Crippen molar-refractivity contribution in [1.29, 1.82) is 0 Å². The highest BCUT2D eigenvalue weighted by Gasteiger charge is 2.27. The minimum absolute atomic E-state index is 0.0727. The predicted octanol–water partition coefficient (Wildman–Crippen LogP) is 3.94. The summed E-state index contributed by atoms with van der Waals surface area (Å²) in [5.74, 6) is 1.45. The number of amides is 1. The Morgan fingerprint density at radius 1 is 1.63 bits per heavy atom. The fourth-order valence-electron chi connectivity index (χ4n) is 2.73. The summed E-state index contributed by atoms with van der Waals surface area (Å²) in [4.78, 5) is 13.7. The van der Waals surface area contributed by atoms with Crippen LogP contribution in [0.2, 0.25) is 0 Å². The number of nitrogens with one attached hydrogen (secondary N) is 1. The Kier molecular flexibility index (Phi) is 5.71. The van der Waals surface area contributed by atoms with Gasteiger partial charge in [-0.1, -0.05) is 13.3 Å². The first-order valence-corrected chi connectivity index (χ1v) is 8.57. The third kappa shape index (κ3) is 3.73. The second-order valence-electron chi connectivity index (χ2n) is 5.24. The molecule has 2 nitrogen and oxygen atoms in total. The van der Waals surface area contributed by atoms with Gasteiger partial charge in [0.15, 0.2) is 0 Å². The lowest BCUT2D eigenvalue weighted by Crippen LogP contribution is -2.34. The Balaban J connectivity index is 1.91. The number of carbonyl (C=O) groups excluding carboxylic acids is 1. The summed E-state index contributed by atoms with van der Waals surface area (Å²) in [5.41, 5.74) is 1.26. The van der Waals surface area contributed by atoms with E-state index in [4.69, 9.17) is 11.6 Å². The minimum Gasteiger partial charge on any atom is -0.355 e. The molecule has 0 bridgehead atoms. The predicted molar refractivity (Wildman–Crippen MR) is 82.1 cm³/mol. The molecule has 0 aromatic carbocycles. The Hall–Kier alpha value is -0.540. The first kappa shape index (κ1) is 14.9. The molecule has 19 heavy (non-hydrogen) atoms. The number of aryl methyl sites for hydroxylation is 1. The molecule has 1 N–H and O–H groups in total. The molecule has 1 heterocycles. The highest BCUT2D eigenvalue weighted by molar-refractivity contribution is 7.10. The number of hydrogen-bond acceptors (Lipinski definition) is 2. The number of thiophene rings is 1. The van der Waals surface area contributed by atoms with Crippen molar-refractivity contribution in [3.8, 4) is 0 Å². The molecule has 2 atom stereocenters. The summed E-state index contributed by atoms with van der Waals surface area (Å²) < 4.78 is 0. The third-order valence-electron chi connectivity index (χ3n) is 4.03. The Morgan fingerprint density at radius 3 is 3.21 bits per heavy atom. The van der Waals surface area contributed by atoms with Crippen LogP contribution in [0.5, 0.6) is 0 Å². The van der Waals surface area contributed by atoms with Crippen LogP contribution in [0.15, 0.2) is 11.4 Å². The van der Waals surface area contributed by atoms with Gasteiger partial charge < -0.3 is 5.32 Å². The van der Waals surface area contributed by atoms with Crippen LogP contribution in [0.4, 0.5) is 0 Å². The van der Waals surface area contributed by atoms with Crippen LogP contribution in [0.1, 0.15) is 49.0 Å². The average molecular weight is 300 g/mol. The molecule has 1 aliphatic carbocycles. The largest absolute Gasteiger partial charge is 0.355 e. The standard InChI is InChI=1S/C15H22ClNOS/c1-2-11(6-8-16)10-17-15(18)13-4-3-5-14-12(13)7-9-19-14/h7,9,11,13H,2-6,8,10H2,1H3,(H,17,18). The van der Waals surface area contributed by atoms with Crippen LogP contribution in [-0.4, -0.2) is 18.3 Å². The number of rotatable bonds is 6. The van der Waals surface area contributed by atoms with Crippen LogP contribution < -0.4 is 5.32 Å². The van der Waals surface area contributed by atoms with Crippen LogP contribution >= 0.6 is 22.9 Å². The van der Waals surface area contributed by atoms with Gasteiger partial charge in [-0.25, -0.2) is 0 Å². The Labute approximate surface area is 124 Å². The number of halogens is 1. The van der Waals surface area contributed by atoms with Gasteiger partial charge in [-0.3, -0.25) is 4.79 Å². The molecule has 2 rings (SSSR count). The Bertz CT molecular complexity index is 418. The number of fused-ring (bicyclic) bond motifs is 1. The van der Waals surface area contributed by atoms with E-state index in [2.05, 4.69) is 23.7 Å². The van der Waals surface area contributed by atoms with Gasteiger partial charge in [0.25, 0.3) is 0 Å². The monoisotopic (exact) mass is 299 g/mol. The maximum atomic E-state index is 12.3. The van der Waals surface area contributed by atoms with Gasteiger partial charge in [-0.05, 0) is 48.6 Å². The zero-order chi connectivity index (χ0) is 13.7. The molecule has 1 aliphatic rings. The average Bonchev–Trinajstić information content (AvgIpc) is 2.91. The summed E-state index contributed by atoms with van der Waals surface area (Å²) in [7, 11) is 0. The van der Waals surface area contributed by atoms with Gasteiger partial charge in [0.2, 0.25) is 5.91 Å². The number of alkyl halides is 1. The quantitative estimate of drug-likeness (QED) is 0.792. The first-order chi connectivity index (χ1) is 9.26. The smallest absolute Gasteiger partial charge is 0.227 e. The van der Waals surface area contributed by atoms with Crippen molar-refractivity contribution in [2.75, 3.05) is 12.4 Å². The van der Waals surface area contributed by atoms with E-state index in [0.717, 1.165) is 38.6 Å². The molecular weight excluding hydrogens is 278 g/mol. The highest BCUT2D eigenvalue weighted by atomic mass is 35.5. The minimum atomic E-state index is 0.0727. The van der Waals surface area contributed by atoms with Crippen molar-refractivity contribution in [3.05, 3.63) is 21.9 Å². The fourth-order valence-corrected chi connectivity index (χ4v) is 4.03. The van der Waals surface area contributed by atoms with E-state index < -0.39 is 0 Å². The molecule has 2 unspecified atom stereocenters. The van der Waals surface area contributed by atoms with Crippen molar-refractivity contribution >= 4 is 28.8 Å². The van der Waals surface area contributed by atoms with Gasteiger partial charge in [0.1, 0.15) is 0 Å². The molecule has 0 saturated heterocycles. The zero-order valence-corrected chi connectivity index (χ0v) is 13.0. The molecule has 106 valence electrons. The molecule has 1 aromatic heterocycles. The lowest BCUT2D eigenvalue weighted by atomic mass is 9.87. The van der Waals surface area contributed by atoms with Crippen LogP contribution in [0, 0.1) is 5.92 Å². The summed E-state index contributed by atoms with van der Waals surface area (Å²) >= 11 is 7.57. The third-order valence-corrected chi connectivity index (χ3v) is 5.24. The SMILES string of the molecule is CCC(CCCl)CNC(=O)C1CCCc2sccc21. The van der Waals surface area contributed by atoms with E-state index in [1.54, 1.807) is 11.3 Å². The van der Waals surface area contributed by atoms with E-state index in [1.165, 1.54) is 10.4 Å². The molecule has 0 aliphatic heterocycles. The van der Waals surface area contributed by atoms with E-state index in [1.807, 2.05) is 0 Å². The second kappa shape index (κ2) is 7.30. The Morgan fingerprint density at radius 2 is 2.47 bits per heavy atom. The number of hydrogen-bond donors (Lipinski definition) is 1. The highest BCUT2D eigenvalue weighted by Crippen LogP contribution is 2.35. The van der Waals surface area contributed by atoms with Crippen molar-refractivity contribution in [2.45, 2.75) is 44.9 Å². The van der Waals surface area contributed by atoms with Crippen LogP contribution in [0.3, 0.4) is 0 Å². The second-order valence-corrected chi connectivity index (χ2v) is 6.62. The molecule has 1 amide bonds. The summed E-state index contributed by atoms with van der Waals surface area (Å²) in [5, 5.41) is 5.24. The van der Waals surface area contributed by atoms with E-state index in [9.17, 15) is 4.79 Å². The molecule has 1 aromatic rings. The van der Waals surface area contributed by atoms with Crippen molar-refractivity contribution in [3.63, 3.8) is 0 Å². The van der Waals surface area contributed by atoms with E-state index >= 15 is 0 Å². The number of carbonyl (C=O) groups is 1.